The Bertz CT molecular complexity index is 686. The molecule has 0 aliphatic carbocycles. The molecule has 2 fully saturated rings. The summed E-state index contributed by atoms with van der Waals surface area (Å²) in [6.07, 6.45) is -2.64. The van der Waals surface area contributed by atoms with E-state index in [0.717, 1.165) is 5.69 Å². The third-order valence-corrected chi connectivity index (χ3v) is 4.49. The summed E-state index contributed by atoms with van der Waals surface area (Å²) >= 11 is 5.33. The molecule has 5 atom stereocenters. The third kappa shape index (κ3) is 4.74. The molecule has 148 valence electrons. The van der Waals surface area contributed by atoms with Gasteiger partial charge in [0.25, 0.3) is 0 Å². The summed E-state index contributed by atoms with van der Waals surface area (Å²) in [7, 11) is 0. The number of fused-ring (bicyclic) bond motifs is 1. The first kappa shape index (κ1) is 20.0. The van der Waals surface area contributed by atoms with Gasteiger partial charge in [0, 0.05) is 12.6 Å². The van der Waals surface area contributed by atoms with E-state index < -0.39 is 42.4 Å². The first-order chi connectivity index (χ1) is 12.8. The summed E-state index contributed by atoms with van der Waals surface area (Å²) < 4.78 is 22.8. The fourth-order valence-electron chi connectivity index (χ4n) is 3.26. The Morgan fingerprint density at radius 1 is 1.30 bits per heavy atom. The van der Waals surface area contributed by atoms with E-state index in [0.29, 0.717) is 5.11 Å². The number of benzene rings is 1. The van der Waals surface area contributed by atoms with Crippen molar-refractivity contribution in [1.29, 1.82) is 0 Å². The van der Waals surface area contributed by atoms with Crippen LogP contribution in [0.2, 0.25) is 0 Å². The molecule has 8 nitrogen and oxygen atoms in total. The van der Waals surface area contributed by atoms with E-state index in [4.69, 9.17) is 31.2 Å². The topological polar surface area (TPSA) is 98.3 Å². The lowest BCUT2D eigenvalue weighted by Crippen LogP contribution is -2.51. The summed E-state index contributed by atoms with van der Waals surface area (Å²) in [6, 6.07) is 8.83. The Labute approximate surface area is 163 Å². The molecule has 1 aromatic rings. The van der Waals surface area contributed by atoms with Crippen LogP contribution in [0.1, 0.15) is 20.8 Å². The largest absolute Gasteiger partial charge is 0.433 e. The minimum Gasteiger partial charge on any atom is -0.433 e. The van der Waals surface area contributed by atoms with Crippen LogP contribution in [0.4, 0.5) is 5.69 Å². The average Bonchev–Trinajstić information content (AvgIpc) is 3.07. The quantitative estimate of drug-likeness (QED) is 0.500. The van der Waals surface area contributed by atoms with Gasteiger partial charge in [-0.2, -0.15) is 0 Å². The summed E-state index contributed by atoms with van der Waals surface area (Å²) in [5, 5.41) is 16.3. The van der Waals surface area contributed by atoms with Crippen LogP contribution in [-0.2, 0) is 23.7 Å². The van der Waals surface area contributed by atoms with E-state index in [1.165, 1.54) is 6.92 Å². The highest BCUT2D eigenvalue weighted by Gasteiger charge is 2.58. The number of aliphatic hydroxyl groups excluding tert-OH is 1. The predicted octanol–water partition coefficient (Wildman–Crippen LogP) is 1.14. The smallest absolute Gasteiger partial charge is 0.305 e. The minimum atomic E-state index is -0.911. The molecule has 0 saturated carbocycles. The first-order valence-corrected chi connectivity index (χ1v) is 9.11. The number of carbonyl (C=O) groups excluding carboxylic acids is 1. The maximum atomic E-state index is 11.4. The maximum Gasteiger partial charge on any atom is 0.305 e. The van der Waals surface area contributed by atoms with Crippen molar-refractivity contribution in [3.63, 3.8) is 0 Å². The van der Waals surface area contributed by atoms with Gasteiger partial charge >= 0.3 is 5.97 Å². The Morgan fingerprint density at radius 3 is 2.59 bits per heavy atom. The molecule has 2 aliphatic rings. The Hall–Kier alpha value is -1.78. The number of hydrogen-bond donors (Lipinski definition) is 3. The highest BCUT2D eigenvalue weighted by molar-refractivity contribution is 7.80. The SMILES string of the molecule is CC(=O)O[C@H]1O[C@H]([C@H](CO)NC(=S)Nc2ccccc2)[C@@H]2OC(C)(C)O[C@H]12. The number of rotatable bonds is 5. The van der Waals surface area contributed by atoms with Crippen molar-refractivity contribution in [3.05, 3.63) is 30.3 Å². The molecule has 0 amide bonds. The van der Waals surface area contributed by atoms with Crippen LogP contribution in [0.3, 0.4) is 0 Å². The molecule has 1 aromatic carbocycles. The minimum absolute atomic E-state index is 0.263. The van der Waals surface area contributed by atoms with Crippen LogP contribution >= 0.6 is 12.2 Å². The zero-order valence-corrected chi connectivity index (χ0v) is 16.2. The Morgan fingerprint density at radius 2 is 1.96 bits per heavy atom. The molecule has 0 spiro atoms. The summed E-state index contributed by atoms with van der Waals surface area (Å²) in [5.74, 6) is -1.33. The lowest BCUT2D eigenvalue weighted by molar-refractivity contribution is -0.233. The summed E-state index contributed by atoms with van der Waals surface area (Å²) in [4.78, 5) is 11.4. The number of esters is 1. The maximum absolute atomic E-state index is 11.4. The molecule has 27 heavy (non-hydrogen) atoms. The van der Waals surface area contributed by atoms with Crippen molar-refractivity contribution < 1.29 is 28.8 Å². The fraction of sp³-hybridized carbons (Fsp3) is 0.556. The van der Waals surface area contributed by atoms with Gasteiger partial charge in [0.15, 0.2) is 17.0 Å². The van der Waals surface area contributed by atoms with Gasteiger partial charge in [0.1, 0.15) is 12.2 Å². The van der Waals surface area contributed by atoms with Gasteiger partial charge in [-0.05, 0) is 38.2 Å². The second kappa shape index (κ2) is 8.07. The van der Waals surface area contributed by atoms with Crippen LogP contribution in [0.25, 0.3) is 0 Å². The highest BCUT2D eigenvalue weighted by Crippen LogP contribution is 2.40. The van der Waals surface area contributed by atoms with Gasteiger partial charge in [0.2, 0.25) is 6.29 Å². The number of thiocarbonyl (C=S) groups is 1. The van der Waals surface area contributed by atoms with Crippen molar-refractivity contribution in [2.75, 3.05) is 11.9 Å². The molecule has 2 aliphatic heterocycles. The average molecular weight is 396 g/mol. The van der Waals surface area contributed by atoms with E-state index >= 15 is 0 Å². The number of hydrogen-bond acceptors (Lipinski definition) is 7. The van der Waals surface area contributed by atoms with Gasteiger partial charge < -0.3 is 34.7 Å². The summed E-state index contributed by atoms with van der Waals surface area (Å²) in [6.45, 7) is 4.58. The molecule has 0 aromatic heterocycles. The van der Waals surface area contributed by atoms with Crippen molar-refractivity contribution >= 4 is 29.0 Å². The molecular formula is C18H24N2O6S. The van der Waals surface area contributed by atoms with Crippen LogP contribution in [-0.4, -0.2) is 59.2 Å². The van der Waals surface area contributed by atoms with Gasteiger partial charge in [-0.25, -0.2) is 0 Å². The lowest BCUT2D eigenvalue weighted by atomic mass is 10.0. The van der Waals surface area contributed by atoms with Crippen molar-refractivity contribution in [1.82, 2.24) is 5.32 Å². The molecule has 0 radical (unpaired) electrons. The standard InChI is InChI=1S/C18H24N2O6S/c1-10(22)23-16-15-14(25-18(2,3)26-15)13(24-16)12(9-21)20-17(27)19-11-7-5-4-6-8-11/h4-8,12-16,21H,9H2,1-3H3,(H2,19,20,27)/t12-,13+,14-,15-,16-/m0/s1. The molecule has 2 saturated heterocycles. The zero-order chi connectivity index (χ0) is 19.6. The van der Waals surface area contributed by atoms with Gasteiger partial charge in [-0.1, -0.05) is 18.2 Å². The summed E-state index contributed by atoms with van der Waals surface area (Å²) in [5.41, 5.74) is 0.816. The molecule has 3 N–H and O–H groups in total. The zero-order valence-electron chi connectivity index (χ0n) is 15.4. The van der Waals surface area contributed by atoms with Gasteiger partial charge in [0.05, 0.1) is 12.6 Å². The normalized spacial score (nSPS) is 29.6. The molecular weight excluding hydrogens is 372 g/mol. The molecule has 0 unspecified atom stereocenters. The van der Waals surface area contributed by atoms with Crippen molar-refractivity contribution in [2.24, 2.45) is 0 Å². The lowest BCUT2D eigenvalue weighted by Gasteiger charge is -2.29. The van der Waals surface area contributed by atoms with Crippen LogP contribution in [0.15, 0.2) is 30.3 Å². The van der Waals surface area contributed by atoms with Crippen LogP contribution in [0.5, 0.6) is 0 Å². The number of nitrogens with one attached hydrogen (secondary N) is 2. The molecule has 9 heteroatoms. The van der Waals surface area contributed by atoms with Gasteiger partial charge in [-0.15, -0.1) is 0 Å². The molecule has 0 bridgehead atoms. The van der Waals surface area contributed by atoms with Crippen molar-refractivity contribution in [3.8, 4) is 0 Å². The fourth-order valence-corrected chi connectivity index (χ4v) is 3.53. The monoisotopic (exact) mass is 396 g/mol. The molecule has 3 rings (SSSR count). The van der Waals surface area contributed by atoms with E-state index in [1.54, 1.807) is 13.8 Å². The number of para-hydroxylation sites is 1. The number of anilines is 1. The first-order valence-electron chi connectivity index (χ1n) is 8.71. The van der Waals surface area contributed by atoms with Crippen LogP contribution < -0.4 is 10.6 Å². The third-order valence-electron chi connectivity index (χ3n) is 4.27. The van der Waals surface area contributed by atoms with Crippen molar-refractivity contribution in [2.45, 2.75) is 57.2 Å². The Kier molecular flexibility index (Phi) is 5.97. The van der Waals surface area contributed by atoms with Gasteiger partial charge in [-0.3, -0.25) is 4.79 Å². The number of carbonyl (C=O) groups is 1. The highest BCUT2D eigenvalue weighted by atomic mass is 32.1. The number of aliphatic hydroxyl groups is 1. The van der Waals surface area contributed by atoms with E-state index in [1.807, 2.05) is 30.3 Å². The molecule has 2 heterocycles. The van der Waals surface area contributed by atoms with Crippen LogP contribution in [0, 0.1) is 0 Å². The van der Waals surface area contributed by atoms with E-state index in [2.05, 4.69) is 10.6 Å². The number of ether oxygens (including phenoxy) is 4. The Balaban J connectivity index is 1.70. The second-order valence-corrected chi connectivity index (χ2v) is 7.31. The van der Waals surface area contributed by atoms with E-state index in [-0.39, 0.29) is 6.61 Å². The predicted molar refractivity (Wildman–Crippen MR) is 101 cm³/mol. The second-order valence-electron chi connectivity index (χ2n) is 6.90. The van der Waals surface area contributed by atoms with E-state index in [9.17, 15) is 9.90 Å².